The highest BCUT2D eigenvalue weighted by molar-refractivity contribution is 6.55. The monoisotopic (exact) mass is 328 g/mol. The number of ether oxygens (including phenoxy) is 1. The first-order valence-corrected chi connectivity index (χ1v) is 6.03. The number of carboxylic acids is 1. The molecule has 0 fully saturated rings. The summed E-state index contributed by atoms with van der Waals surface area (Å²) in [5, 5.41) is 8.79. The molecule has 1 aromatic carbocycles. The Morgan fingerprint density at radius 3 is 2.55 bits per heavy atom. The summed E-state index contributed by atoms with van der Waals surface area (Å²) in [5.74, 6) is -2.33. The van der Waals surface area contributed by atoms with Crippen LogP contribution in [0.1, 0.15) is 17.9 Å². The van der Waals surface area contributed by atoms with Crippen LogP contribution in [-0.4, -0.2) is 17.4 Å². The van der Waals surface area contributed by atoms with Crippen LogP contribution < -0.4 is 4.74 Å². The predicted molar refractivity (Wildman–Crippen MR) is 67.9 cm³/mol. The molecule has 0 radical (unpaired) electrons. The van der Waals surface area contributed by atoms with Crippen LogP contribution in [0.2, 0.25) is 0 Å². The van der Waals surface area contributed by atoms with Gasteiger partial charge in [-0.25, -0.2) is 0 Å². The number of allylic oxidation sites excluding steroid dienone is 1. The Morgan fingerprint density at radius 2 is 2.05 bits per heavy atom. The fraction of sp³-hybridized carbons (Fsp3) is 0.250. The summed E-state index contributed by atoms with van der Waals surface area (Å²) in [6.45, 7) is 0. The van der Waals surface area contributed by atoms with E-state index in [1.165, 1.54) is 18.2 Å². The third-order valence-corrected chi connectivity index (χ3v) is 2.49. The molecule has 3 nitrogen and oxygen atoms in total. The summed E-state index contributed by atoms with van der Waals surface area (Å²) in [4.78, 5) is 10.8. The maximum Gasteiger partial charge on any atom is 0.573 e. The van der Waals surface area contributed by atoms with Gasteiger partial charge < -0.3 is 9.84 Å². The van der Waals surface area contributed by atoms with Crippen LogP contribution in [-0.2, 0) is 4.79 Å². The Labute approximate surface area is 122 Å². The van der Waals surface area contributed by atoms with Crippen molar-refractivity contribution in [1.82, 2.24) is 0 Å². The van der Waals surface area contributed by atoms with Gasteiger partial charge in [0.25, 0.3) is 0 Å². The van der Waals surface area contributed by atoms with Crippen molar-refractivity contribution in [1.29, 1.82) is 0 Å². The number of hydrogen-bond donors (Lipinski definition) is 1. The molecule has 20 heavy (non-hydrogen) atoms. The molecule has 1 rings (SSSR count). The number of rotatable bonds is 5. The van der Waals surface area contributed by atoms with E-state index in [0.29, 0.717) is 5.56 Å². The van der Waals surface area contributed by atoms with E-state index in [1.54, 1.807) is 0 Å². The SMILES string of the molecule is O=C(O)CC(C=C(Cl)Cl)c1cccc(OC(F)(F)F)c1. The first-order valence-electron chi connectivity index (χ1n) is 5.27. The van der Waals surface area contributed by atoms with Gasteiger partial charge in [-0.05, 0) is 23.8 Å². The lowest BCUT2D eigenvalue weighted by Crippen LogP contribution is -2.17. The number of halogens is 5. The van der Waals surface area contributed by atoms with Gasteiger partial charge in [0.05, 0.1) is 6.42 Å². The highest BCUT2D eigenvalue weighted by Gasteiger charge is 2.31. The Hall–Kier alpha value is -1.40. The van der Waals surface area contributed by atoms with Gasteiger partial charge in [-0.15, -0.1) is 13.2 Å². The van der Waals surface area contributed by atoms with E-state index >= 15 is 0 Å². The van der Waals surface area contributed by atoms with Gasteiger partial charge in [0, 0.05) is 5.92 Å². The summed E-state index contributed by atoms with van der Waals surface area (Å²) in [5.41, 5.74) is 0.299. The standard InChI is InChI=1S/C12H9Cl2F3O3/c13-10(14)5-8(6-11(18)19)7-2-1-3-9(4-7)20-12(15,16)17/h1-5,8H,6H2,(H,18,19). The normalized spacial score (nSPS) is 12.7. The Morgan fingerprint density at radius 1 is 1.40 bits per heavy atom. The zero-order chi connectivity index (χ0) is 15.3. The lowest BCUT2D eigenvalue weighted by Gasteiger charge is -2.14. The van der Waals surface area contributed by atoms with Crippen LogP contribution in [0.4, 0.5) is 13.2 Å². The van der Waals surface area contributed by atoms with Gasteiger partial charge in [-0.1, -0.05) is 35.3 Å². The third kappa shape index (κ3) is 6.16. The number of carbonyl (C=O) groups is 1. The molecule has 110 valence electrons. The van der Waals surface area contributed by atoms with Crippen molar-refractivity contribution in [2.75, 3.05) is 0 Å². The molecule has 1 aromatic rings. The number of benzene rings is 1. The summed E-state index contributed by atoms with van der Waals surface area (Å²) in [6.07, 6.45) is -3.94. The fourth-order valence-corrected chi connectivity index (χ4v) is 1.86. The Bertz CT molecular complexity index is 511. The molecule has 0 saturated carbocycles. The molecule has 0 bridgehead atoms. The van der Waals surface area contributed by atoms with Gasteiger partial charge in [-0.2, -0.15) is 0 Å². The van der Waals surface area contributed by atoms with E-state index in [0.717, 1.165) is 12.1 Å². The van der Waals surface area contributed by atoms with Gasteiger partial charge in [0.15, 0.2) is 0 Å². The first kappa shape index (κ1) is 16.7. The van der Waals surface area contributed by atoms with Gasteiger partial charge in [0.2, 0.25) is 0 Å². The smallest absolute Gasteiger partial charge is 0.481 e. The second-order valence-corrected chi connectivity index (χ2v) is 4.79. The molecule has 0 heterocycles. The zero-order valence-electron chi connectivity index (χ0n) is 9.82. The second kappa shape index (κ2) is 6.85. The van der Waals surface area contributed by atoms with Crippen LogP contribution in [0.15, 0.2) is 34.8 Å². The van der Waals surface area contributed by atoms with Gasteiger partial charge in [-0.3, -0.25) is 4.79 Å². The molecule has 0 amide bonds. The summed E-state index contributed by atoms with van der Waals surface area (Å²) in [6, 6.07) is 4.99. The number of alkyl halides is 3. The highest BCUT2D eigenvalue weighted by Crippen LogP contribution is 2.30. The molecular weight excluding hydrogens is 320 g/mol. The minimum atomic E-state index is -4.82. The van der Waals surface area contributed by atoms with Crippen molar-refractivity contribution in [3.05, 3.63) is 40.4 Å². The van der Waals surface area contributed by atoms with E-state index in [1.807, 2.05) is 0 Å². The van der Waals surface area contributed by atoms with Crippen molar-refractivity contribution >= 4 is 29.2 Å². The van der Waals surface area contributed by atoms with Crippen molar-refractivity contribution in [3.8, 4) is 5.75 Å². The van der Waals surface area contributed by atoms with E-state index in [9.17, 15) is 18.0 Å². The predicted octanol–water partition coefficient (Wildman–Crippen LogP) is 4.46. The Balaban J connectivity index is 3.05. The van der Waals surface area contributed by atoms with E-state index in [-0.39, 0.29) is 10.9 Å². The molecule has 1 atom stereocenters. The molecule has 1 N–H and O–H groups in total. The van der Waals surface area contributed by atoms with Crippen molar-refractivity contribution in [2.24, 2.45) is 0 Å². The summed E-state index contributed by atoms with van der Waals surface area (Å²) in [7, 11) is 0. The van der Waals surface area contributed by atoms with Crippen LogP contribution >= 0.6 is 23.2 Å². The van der Waals surface area contributed by atoms with Crippen molar-refractivity contribution < 1.29 is 27.8 Å². The third-order valence-electron chi connectivity index (χ3n) is 2.24. The van der Waals surface area contributed by atoms with E-state index in [4.69, 9.17) is 28.3 Å². The van der Waals surface area contributed by atoms with Gasteiger partial charge in [0.1, 0.15) is 10.2 Å². The fourth-order valence-electron chi connectivity index (χ4n) is 1.56. The molecule has 8 heteroatoms. The molecule has 0 aromatic heterocycles. The molecule has 0 aliphatic carbocycles. The number of aliphatic carboxylic acids is 1. The molecule has 0 spiro atoms. The molecule has 1 unspecified atom stereocenters. The lowest BCUT2D eigenvalue weighted by atomic mass is 9.96. The minimum absolute atomic E-state index is 0.168. The van der Waals surface area contributed by atoms with Crippen LogP contribution in [0.3, 0.4) is 0 Å². The Kier molecular flexibility index (Phi) is 5.71. The largest absolute Gasteiger partial charge is 0.573 e. The average molecular weight is 329 g/mol. The second-order valence-electron chi connectivity index (χ2n) is 3.78. The quantitative estimate of drug-likeness (QED) is 0.867. The minimum Gasteiger partial charge on any atom is -0.481 e. The lowest BCUT2D eigenvalue weighted by molar-refractivity contribution is -0.274. The zero-order valence-corrected chi connectivity index (χ0v) is 11.3. The highest BCUT2D eigenvalue weighted by atomic mass is 35.5. The van der Waals surface area contributed by atoms with Crippen molar-refractivity contribution in [2.45, 2.75) is 18.7 Å². The van der Waals surface area contributed by atoms with E-state index < -0.39 is 24.0 Å². The van der Waals surface area contributed by atoms with Crippen LogP contribution in [0.5, 0.6) is 5.75 Å². The number of carboxylic acid groups (broad SMARTS) is 1. The molecule has 0 aliphatic heterocycles. The van der Waals surface area contributed by atoms with E-state index in [2.05, 4.69) is 4.74 Å². The number of hydrogen-bond acceptors (Lipinski definition) is 2. The first-order chi connectivity index (χ1) is 9.17. The molecule has 0 saturated heterocycles. The van der Waals surface area contributed by atoms with Crippen molar-refractivity contribution in [3.63, 3.8) is 0 Å². The summed E-state index contributed by atoms with van der Waals surface area (Å²) < 4.78 is 40.0. The average Bonchev–Trinajstić information content (AvgIpc) is 2.24. The molecule has 0 aliphatic rings. The maximum atomic E-state index is 12.1. The summed E-state index contributed by atoms with van der Waals surface area (Å²) >= 11 is 10.9. The maximum absolute atomic E-state index is 12.1. The molecular formula is C12H9Cl2F3O3. The van der Waals surface area contributed by atoms with Crippen LogP contribution in [0, 0.1) is 0 Å². The topological polar surface area (TPSA) is 46.5 Å². The van der Waals surface area contributed by atoms with Gasteiger partial charge >= 0.3 is 12.3 Å². The van der Waals surface area contributed by atoms with Crippen LogP contribution in [0.25, 0.3) is 0 Å².